The number of likely N-dealkylation sites (tertiary alicyclic amines) is 1. The molecule has 0 aliphatic carbocycles. The molecule has 0 spiro atoms. The molecule has 0 saturated carbocycles. The van der Waals surface area contributed by atoms with E-state index in [1.165, 1.54) is 6.33 Å². The second-order valence-corrected chi connectivity index (χ2v) is 7.27. The van der Waals surface area contributed by atoms with Crippen LogP contribution in [-0.4, -0.2) is 55.3 Å². The Balaban J connectivity index is 1.34. The molecule has 9 nitrogen and oxygen atoms in total. The number of aryl methyl sites for hydroxylation is 1. The van der Waals surface area contributed by atoms with Gasteiger partial charge in [-0.1, -0.05) is 24.2 Å². The molecule has 1 aliphatic rings. The minimum absolute atomic E-state index is 0.0993. The van der Waals surface area contributed by atoms with Gasteiger partial charge in [0.25, 0.3) is 5.91 Å². The zero-order valence-corrected chi connectivity index (χ0v) is 16.5. The van der Waals surface area contributed by atoms with Gasteiger partial charge in [-0.05, 0) is 37.4 Å². The lowest BCUT2D eigenvalue weighted by Gasteiger charge is -2.31. The van der Waals surface area contributed by atoms with Crippen molar-refractivity contribution in [2.75, 3.05) is 19.6 Å². The zero-order valence-electron chi connectivity index (χ0n) is 16.5. The van der Waals surface area contributed by atoms with Crippen LogP contribution in [0.25, 0.3) is 5.69 Å². The molecule has 1 fully saturated rings. The maximum atomic E-state index is 12.8. The van der Waals surface area contributed by atoms with Crippen LogP contribution in [0.1, 0.15) is 41.8 Å². The van der Waals surface area contributed by atoms with Gasteiger partial charge in [-0.25, -0.2) is 9.67 Å². The number of para-hydroxylation sites is 1. The second kappa shape index (κ2) is 8.95. The number of carbonyl (C=O) groups excluding carboxylic acids is 1. The van der Waals surface area contributed by atoms with E-state index in [2.05, 4.69) is 30.4 Å². The Morgan fingerprint density at radius 2 is 2.24 bits per heavy atom. The van der Waals surface area contributed by atoms with Crippen molar-refractivity contribution < 1.29 is 9.32 Å². The van der Waals surface area contributed by atoms with Crippen molar-refractivity contribution in [3.05, 3.63) is 54.2 Å². The summed E-state index contributed by atoms with van der Waals surface area (Å²) in [5.74, 6) is 1.69. The first kappa shape index (κ1) is 19.3. The maximum Gasteiger partial charge on any atom is 0.253 e. The highest BCUT2D eigenvalue weighted by Gasteiger charge is 2.23. The third-order valence-electron chi connectivity index (χ3n) is 5.15. The van der Waals surface area contributed by atoms with E-state index in [0.717, 1.165) is 43.9 Å². The van der Waals surface area contributed by atoms with E-state index >= 15 is 0 Å². The Bertz CT molecular complexity index is 938. The summed E-state index contributed by atoms with van der Waals surface area (Å²) in [6.07, 6.45) is 6.00. The van der Waals surface area contributed by atoms with Crippen molar-refractivity contribution in [1.29, 1.82) is 0 Å². The van der Waals surface area contributed by atoms with Crippen LogP contribution >= 0.6 is 0 Å². The Labute approximate surface area is 169 Å². The number of aromatic nitrogens is 5. The Hall–Kier alpha value is -3.07. The molecule has 0 radical (unpaired) electrons. The van der Waals surface area contributed by atoms with Gasteiger partial charge in [0.1, 0.15) is 12.7 Å². The predicted octanol–water partition coefficient (Wildman–Crippen LogP) is 1.85. The number of nitrogens with one attached hydrogen (secondary N) is 1. The topological polar surface area (TPSA) is 102 Å². The lowest BCUT2D eigenvalue weighted by Crippen LogP contribution is -2.40. The summed E-state index contributed by atoms with van der Waals surface area (Å²) in [6.45, 7) is 5.20. The molecular formula is C20H25N7O2. The molecule has 29 heavy (non-hydrogen) atoms. The van der Waals surface area contributed by atoms with Crippen LogP contribution in [0.3, 0.4) is 0 Å². The fourth-order valence-electron chi connectivity index (χ4n) is 3.68. The molecule has 1 amide bonds. The highest BCUT2D eigenvalue weighted by molar-refractivity contribution is 5.97. The largest absolute Gasteiger partial charge is 0.352 e. The van der Waals surface area contributed by atoms with E-state index in [4.69, 9.17) is 4.52 Å². The van der Waals surface area contributed by atoms with Gasteiger partial charge in [0.15, 0.2) is 5.82 Å². The number of carbonyl (C=O) groups is 1. The number of hydrogen-bond donors (Lipinski definition) is 1. The summed E-state index contributed by atoms with van der Waals surface area (Å²) < 4.78 is 6.92. The van der Waals surface area contributed by atoms with Gasteiger partial charge in [0, 0.05) is 19.5 Å². The summed E-state index contributed by atoms with van der Waals surface area (Å²) in [7, 11) is 0. The van der Waals surface area contributed by atoms with Gasteiger partial charge < -0.3 is 9.84 Å². The van der Waals surface area contributed by atoms with E-state index in [1.54, 1.807) is 17.1 Å². The van der Waals surface area contributed by atoms with Crippen molar-refractivity contribution >= 4 is 5.91 Å². The fraction of sp³-hybridized carbons (Fsp3) is 0.450. The van der Waals surface area contributed by atoms with E-state index in [0.29, 0.717) is 30.5 Å². The first-order valence-corrected chi connectivity index (χ1v) is 9.99. The molecule has 3 aromatic rings. The van der Waals surface area contributed by atoms with Crippen molar-refractivity contribution in [1.82, 2.24) is 35.1 Å². The van der Waals surface area contributed by atoms with Crippen LogP contribution in [0, 0.1) is 5.92 Å². The third kappa shape index (κ3) is 4.68. The Morgan fingerprint density at radius 1 is 1.34 bits per heavy atom. The third-order valence-corrected chi connectivity index (χ3v) is 5.15. The van der Waals surface area contributed by atoms with Crippen molar-refractivity contribution in [2.45, 2.75) is 32.7 Å². The molecule has 1 saturated heterocycles. The molecule has 1 aliphatic heterocycles. The summed E-state index contributed by atoms with van der Waals surface area (Å²) in [5.41, 5.74) is 1.31. The molecule has 3 heterocycles. The number of benzene rings is 1. The highest BCUT2D eigenvalue weighted by atomic mass is 16.5. The average Bonchev–Trinajstić information content (AvgIpc) is 3.44. The second-order valence-electron chi connectivity index (χ2n) is 7.27. The predicted molar refractivity (Wildman–Crippen MR) is 105 cm³/mol. The first-order chi connectivity index (χ1) is 14.2. The number of hydrogen-bond acceptors (Lipinski definition) is 7. The van der Waals surface area contributed by atoms with Gasteiger partial charge >= 0.3 is 0 Å². The lowest BCUT2D eigenvalue weighted by molar-refractivity contribution is 0.0926. The number of nitrogens with zero attached hydrogens (tertiary/aromatic N) is 6. The molecule has 9 heteroatoms. The van der Waals surface area contributed by atoms with E-state index in [1.807, 2.05) is 25.1 Å². The molecule has 1 aromatic carbocycles. The SMILES string of the molecule is CCc1noc(CN2CCCC(CNC(=O)c3ccccc3-n3cncn3)C2)n1. The van der Waals surface area contributed by atoms with Gasteiger partial charge in [-0.2, -0.15) is 10.1 Å². The van der Waals surface area contributed by atoms with Crippen LogP contribution < -0.4 is 5.32 Å². The summed E-state index contributed by atoms with van der Waals surface area (Å²) in [5, 5.41) is 11.2. The smallest absolute Gasteiger partial charge is 0.253 e. The molecule has 1 atom stereocenters. The molecule has 0 bridgehead atoms. The van der Waals surface area contributed by atoms with Gasteiger partial charge in [0.2, 0.25) is 5.89 Å². The summed E-state index contributed by atoms with van der Waals surface area (Å²) in [6, 6.07) is 7.40. The average molecular weight is 395 g/mol. The summed E-state index contributed by atoms with van der Waals surface area (Å²) >= 11 is 0. The highest BCUT2D eigenvalue weighted by Crippen LogP contribution is 2.18. The first-order valence-electron chi connectivity index (χ1n) is 9.99. The Kier molecular flexibility index (Phi) is 5.95. The van der Waals surface area contributed by atoms with Crippen LogP contribution in [0.2, 0.25) is 0 Å². The van der Waals surface area contributed by atoms with Crippen LogP contribution in [0.4, 0.5) is 0 Å². The molecular weight excluding hydrogens is 370 g/mol. The molecule has 1 N–H and O–H groups in total. The molecule has 1 unspecified atom stereocenters. The van der Waals surface area contributed by atoms with Crippen molar-refractivity contribution in [2.24, 2.45) is 5.92 Å². The van der Waals surface area contributed by atoms with Gasteiger partial charge in [-0.15, -0.1) is 0 Å². The van der Waals surface area contributed by atoms with E-state index < -0.39 is 0 Å². The quantitative estimate of drug-likeness (QED) is 0.651. The minimum Gasteiger partial charge on any atom is -0.352 e. The van der Waals surface area contributed by atoms with Crippen LogP contribution in [-0.2, 0) is 13.0 Å². The minimum atomic E-state index is -0.0993. The number of piperidine rings is 1. The fourth-order valence-corrected chi connectivity index (χ4v) is 3.68. The maximum absolute atomic E-state index is 12.8. The van der Waals surface area contributed by atoms with Crippen LogP contribution in [0.5, 0.6) is 0 Å². The molecule has 152 valence electrons. The number of amides is 1. The molecule has 4 rings (SSSR count). The summed E-state index contributed by atoms with van der Waals surface area (Å²) in [4.78, 5) is 23.5. The number of rotatable bonds is 7. The van der Waals surface area contributed by atoms with Crippen LogP contribution in [0.15, 0.2) is 41.4 Å². The van der Waals surface area contributed by atoms with E-state index in [9.17, 15) is 4.79 Å². The Morgan fingerprint density at radius 3 is 3.03 bits per heavy atom. The van der Waals surface area contributed by atoms with Crippen molar-refractivity contribution in [3.8, 4) is 5.69 Å². The molecule has 2 aromatic heterocycles. The van der Waals surface area contributed by atoms with Crippen molar-refractivity contribution in [3.63, 3.8) is 0 Å². The standard InChI is InChI=1S/C20H25N7O2/c1-2-18-24-19(29-25-18)12-26-9-5-6-15(11-26)10-22-20(28)16-7-3-4-8-17(16)27-14-21-13-23-27/h3-4,7-8,13-15H,2,5-6,9-12H2,1H3,(H,22,28). The van der Waals surface area contributed by atoms with E-state index in [-0.39, 0.29) is 5.91 Å². The normalized spacial score (nSPS) is 17.3. The van der Waals surface area contributed by atoms with Gasteiger partial charge in [-0.3, -0.25) is 9.69 Å². The zero-order chi connectivity index (χ0) is 20.1. The van der Waals surface area contributed by atoms with Gasteiger partial charge in [0.05, 0.1) is 17.8 Å². The lowest BCUT2D eigenvalue weighted by atomic mass is 9.98. The monoisotopic (exact) mass is 395 g/mol.